The Labute approximate surface area is 213 Å². The first kappa shape index (κ1) is 23.5. The van der Waals surface area contributed by atoms with Crippen molar-refractivity contribution in [3.8, 4) is 22.5 Å². The fourth-order valence-electron chi connectivity index (χ4n) is 4.83. The minimum absolute atomic E-state index is 0.113. The van der Waals surface area contributed by atoms with Gasteiger partial charge in [0.2, 0.25) is 0 Å². The second-order valence-electron chi connectivity index (χ2n) is 9.35. The van der Waals surface area contributed by atoms with Gasteiger partial charge in [0, 0.05) is 30.3 Å². The zero-order valence-electron chi connectivity index (χ0n) is 20.3. The third kappa shape index (κ3) is 4.00. The van der Waals surface area contributed by atoms with Crippen LogP contribution in [0, 0.1) is 6.92 Å². The van der Waals surface area contributed by atoms with Gasteiger partial charge in [-0.2, -0.15) is 9.47 Å². The van der Waals surface area contributed by atoms with Crippen molar-refractivity contribution in [3.05, 3.63) is 42.1 Å². The molecule has 1 unspecified atom stereocenters. The van der Waals surface area contributed by atoms with Gasteiger partial charge in [-0.15, -0.1) is 0 Å². The number of ether oxygens (including phenoxy) is 2. The first-order valence-corrected chi connectivity index (χ1v) is 14.6. The molecule has 5 heterocycles. The lowest BCUT2D eigenvalue weighted by molar-refractivity contribution is -0.105. The molecule has 0 aliphatic carbocycles. The Bertz CT molecular complexity index is 1560. The number of hydrogen-bond donors (Lipinski definition) is 0. The fraction of sp³-hybridized carbons (Fsp3) is 0.400. The van der Waals surface area contributed by atoms with Crippen molar-refractivity contribution in [1.82, 2.24) is 19.1 Å². The number of nitrogens with zero attached hydrogens (tertiary/aromatic N) is 5. The maximum Gasteiger partial charge on any atom is 0.176 e. The number of aromatic nitrogens is 4. The average molecular weight is 526 g/mol. The maximum absolute atomic E-state index is 12.7. The summed E-state index contributed by atoms with van der Waals surface area (Å²) in [5, 5.41) is 4.67. The Morgan fingerprint density at radius 2 is 1.94 bits per heavy atom. The van der Waals surface area contributed by atoms with Crippen molar-refractivity contribution in [1.29, 1.82) is 0 Å². The van der Waals surface area contributed by atoms with Crippen molar-refractivity contribution >= 4 is 37.4 Å². The molecule has 2 fully saturated rings. The van der Waals surface area contributed by atoms with Gasteiger partial charge in [-0.25, -0.2) is 18.1 Å². The van der Waals surface area contributed by atoms with Crippen LogP contribution in [0.25, 0.3) is 32.7 Å². The van der Waals surface area contributed by atoms with Crippen LogP contribution < -0.4 is 4.90 Å². The number of fused-ring (bicyclic) bond motifs is 1. The molecule has 3 aromatic heterocycles. The standard InChI is InChI=1S/C25H27N5O4S2/c1-15-12-19(30(27-15)22-8-10-34-22)23-24-25(35-28-23)18(17-6-4-5-7-20(17)36(3,31)32)13-21(26-24)29-9-11-33-14-16(29)2/h4-7,12-13,16,22H,8-11,14H2,1-3H3/t16-,22?/m1/s1. The van der Waals surface area contributed by atoms with E-state index in [2.05, 4.69) is 16.9 Å². The molecule has 0 saturated carbocycles. The van der Waals surface area contributed by atoms with Gasteiger partial charge in [0.25, 0.3) is 0 Å². The van der Waals surface area contributed by atoms with E-state index in [9.17, 15) is 8.42 Å². The molecule has 0 amide bonds. The molecule has 11 heteroatoms. The number of aryl methyl sites for hydroxylation is 1. The molecule has 1 aromatic carbocycles. The molecular weight excluding hydrogens is 498 g/mol. The van der Waals surface area contributed by atoms with Crippen molar-refractivity contribution in [2.75, 3.05) is 37.5 Å². The Balaban J connectivity index is 1.62. The lowest BCUT2D eigenvalue weighted by Gasteiger charge is -2.34. The molecule has 2 aliphatic heterocycles. The first-order valence-electron chi connectivity index (χ1n) is 11.9. The van der Waals surface area contributed by atoms with E-state index in [4.69, 9.17) is 18.8 Å². The van der Waals surface area contributed by atoms with Gasteiger partial charge >= 0.3 is 0 Å². The van der Waals surface area contributed by atoms with Gasteiger partial charge < -0.3 is 14.4 Å². The Morgan fingerprint density at radius 1 is 1.14 bits per heavy atom. The van der Waals surface area contributed by atoms with Gasteiger partial charge in [0.05, 0.1) is 46.8 Å². The normalized spacial score (nSPS) is 20.6. The summed E-state index contributed by atoms with van der Waals surface area (Å²) in [5.74, 6) is 0.778. The topological polar surface area (TPSA) is 99.4 Å². The van der Waals surface area contributed by atoms with E-state index in [1.54, 1.807) is 12.1 Å². The van der Waals surface area contributed by atoms with Gasteiger partial charge in [0.15, 0.2) is 16.1 Å². The Morgan fingerprint density at radius 3 is 2.67 bits per heavy atom. The minimum Gasteiger partial charge on any atom is -0.377 e. The summed E-state index contributed by atoms with van der Waals surface area (Å²) in [6.45, 7) is 6.69. The molecule has 0 spiro atoms. The number of sulfone groups is 1. The summed E-state index contributed by atoms with van der Waals surface area (Å²) >= 11 is 1.33. The third-order valence-electron chi connectivity index (χ3n) is 6.70. The minimum atomic E-state index is -3.45. The zero-order chi connectivity index (χ0) is 25.0. The van der Waals surface area contributed by atoms with Crippen molar-refractivity contribution < 1.29 is 17.9 Å². The molecule has 2 atom stereocenters. The van der Waals surface area contributed by atoms with Crippen LogP contribution in [0.1, 0.15) is 25.3 Å². The molecule has 188 valence electrons. The molecule has 2 saturated heterocycles. The summed E-state index contributed by atoms with van der Waals surface area (Å²) in [6.07, 6.45) is 2.03. The highest BCUT2D eigenvalue weighted by molar-refractivity contribution is 7.90. The average Bonchev–Trinajstić information content (AvgIpc) is 3.40. The van der Waals surface area contributed by atoms with Crippen LogP contribution in [-0.2, 0) is 19.3 Å². The van der Waals surface area contributed by atoms with Crippen LogP contribution >= 0.6 is 11.5 Å². The number of benzene rings is 1. The summed E-state index contributed by atoms with van der Waals surface area (Å²) in [6, 6.07) is 11.3. The summed E-state index contributed by atoms with van der Waals surface area (Å²) in [7, 11) is -3.45. The summed E-state index contributed by atoms with van der Waals surface area (Å²) in [4.78, 5) is 7.61. The first-order chi connectivity index (χ1) is 17.3. The molecule has 2 aliphatic rings. The predicted molar refractivity (Wildman–Crippen MR) is 139 cm³/mol. The molecule has 36 heavy (non-hydrogen) atoms. The molecule has 0 bridgehead atoms. The Kier molecular flexibility index (Phi) is 5.83. The molecule has 0 N–H and O–H groups in total. The third-order valence-corrected chi connectivity index (χ3v) is 8.72. The number of morpholine rings is 1. The number of rotatable bonds is 5. The summed E-state index contributed by atoms with van der Waals surface area (Å²) in [5.41, 5.74) is 4.65. The smallest absolute Gasteiger partial charge is 0.176 e. The lowest BCUT2D eigenvalue weighted by Crippen LogP contribution is -2.44. The van der Waals surface area contributed by atoms with E-state index < -0.39 is 9.84 Å². The fourth-order valence-corrected chi connectivity index (χ4v) is 6.59. The van der Waals surface area contributed by atoms with Crippen LogP contribution in [0.3, 0.4) is 0 Å². The molecule has 6 rings (SSSR count). The second kappa shape index (κ2) is 8.91. The highest BCUT2D eigenvalue weighted by Gasteiger charge is 2.29. The van der Waals surface area contributed by atoms with Crippen LogP contribution in [0.2, 0.25) is 0 Å². The SMILES string of the molecule is Cc1cc(-c2nsc3c(-c4ccccc4S(C)(=O)=O)cc(N4CCOC[C@H]4C)nc23)n(C2CCO2)n1. The van der Waals surface area contributed by atoms with Crippen molar-refractivity contribution in [2.45, 2.75) is 37.4 Å². The van der Waals surface area contributed by atoms with Crippen LogP contribution in [0.15, 0.2) is 41.3 Å². The van der Waals surface area contributed by atoms with E-state index in [-0.39, 0.29) is 17.2 Å². The van der Waals surface area contributed by atoms with Gasteiger partial charge in [0.1, 0.15) is 17.0 Å². The van der Waals surface area contributed by atoms with E-state index >= 15 is 0 Å². The van der Waals surface area contributed by atoms with Gasteiger partial charge in [-0.1, -0.05) is 18.2 Å². The largest absolute Gasteiger partial charge is 0.377 e. The predicted octanol–water partition coefficient (Wildman–Crippen LogP) is 4.08. The monoisotopic (exact) mass is 525 g/mol. The highest BCUT2D eigenvalue weighted by atomic mass is 32.2. The van der Waals surface area contributed by atoms with Crippen molar-refractivity contribution in [2.24, 2.45) is 0 Å². The molecular formula is C25H27N5O4S2. The van der Waals surface area contributed by atoms with E-state index in [0.29, 0.717) is 31.9 Å². The maximum atomic E-state index is 12.7. The van der Waals surface area contributed by atoms with Crippen LogP contribution in [-0.4, -0.2) is 66.2 Å². The van der Waals surface area contributed by atoms with Gasteiger partial charge in [-0.05, 0) is 43.6 Å². The molecule has 9 nitrogen and oxygen atoms in total. The Hall–Kier alpha value is -2.86. The molecule has 4 aromatic rings. The second-order valence-corrected chi connectivity index (χ2v) is 12.1. The van der Waals surface area contributed by atoms with Gasteiger partial charge in [-0.3, -0.25) is 0 Å². The van der Waals surface area contributed by atoms with Crippen molar-refractivity contribution in [3.63, 3.8) is 0 Å². The highest BCUT2D eigenvalue weighted by Crippen LogP contribution is 2.42. The van der Waals surface area contributed by atoms with E-state index in [0.717, 1.165) is 45.1 Å². The summed E-state index contributed by atoms with van der Waals surface area (Å²) < 4.78 is 44.4. The molecule has 0 radical (unpaired) electrons. The zero-order valence-corrected chi connectivity index (χ0v) is 22.0. The number of anilines is 1. The van der Waals surface area contributed by atoms with Crippen LogP contribution in [0.4, 0.5) is 5.82 Å². The van der Waals surface area contributed by atoms with E-state index in [1.165, 1.54) is 17.8 Å². The lowest BCUT2D eigenvalue weighted by atomic mass is 10.0. The quantitative estimate of drug-likeness (QED) is 0.384. The van der Waals surface area contributed by atoms with E-state index in [1.807, 2.05) is 35.9 Å². The van der Waals surface area contributed by atoms with Crippen LogP contribution in [0.5, 0.6) is 0 Å². The number of pyridine rings is 1. The number of hydrogen-bond acceptors (Lipinski definition) is 9.